The number of nitrogens with one attached hydrogen (secondary N) is 1. The Morgan fingerprint density at radius 3 is 2.56 bits per heavy atom. The maximum Gasteiger partial charge on any atom is 0.254 e. The topological polar surface area (TPSA) is 110 Å². The molecule has 1 fully saturated rings. The average molecular weight is 512 g/mol. The van der Waals surface area contributed by atoms with E-state index in [2.05, 4.69) is 11.9 Å². The molecule has 0 saturated carbocycles. The molecule has 1 heterocycles. The third-order valence-electron chi connectivity index (χ3n) is 6.11. The van der Waals surface area contributed by atoms with Gasteiger partial charge in [0.05, 0.1) is 17.3 Å². The van der Waals surface area contributed by atoms with Crippen LogP contribution < -0.4 is 5.32 Å². The molecule has 0 spiro atoms. The maximum atomic E-state index is 13.4. The summed E-state index contributed by atoms with van der Waals surface area (Å²) in [4.78, 5) is 42.4. The predicted molar refractivity (Wildman–Crippen MR) is 140 cm³/mol. The van der Waals surface area contributed by atoms with Crippen molar-refractivity contribution in [3.05, 3.63) is 77.4 Å². The minimum atomic E-state index is -1.58. The van der Waals surface area contributed by atoms with Crippen LogP contribution in [-0.2, 0) is 16.0 Å². The molecule has 3 atom stereocenters. The molecule has 192 valence electrons. The highest BCUT2D eigenvalue weighted by Crippen LogP contribution is 2.24. The molecule has 8 nitrogen and oxygen atoms in total. The van der Waals surface area contributed by atoms with Crippen LogP contribution in [0.15, 0.2) is 60.7 Å². The monoisotopic (exact) mass is 511 g/mol. The lowest BCUT2D eigenvalue weighted by atomic mass is 9.99. The molecule has 1 unspecified atom stereocenters. The van der Waals surface area contributed by atoms with Crippen molar-refractivity contribution in [1.82, 2.24) is 15.1 Å². The third-order valence-corrected chi connectivity index (χ3v) is 7.31. The van der Waals surface area contributed by atoms with Crippen LogP contribution in [0.25, 0.3) is 0 Å². The molecule has 1 aliphatic rings. The van der Waals surface area contributed by atoms with Gasteiger partial charge in [0.1, 0.15) is 12.3 Å². The van der Waals surface area contributed by atoms with E-state index in [0.29, 0.717) is 12.1 Å². The Labute approximate surface area is 216 Å². The van der Waals surface area contributed by atoms with Gasteiger partial charge in [-0.25, -0.2) is 0 Å². The number of amides is 3. The van der Waals surface area contributed by atoms with Crippen molar-refractivity contribution in [3.8, 4) is 5.75 Å². The van der Waals surface area contributed by atoms with Gasteiger partial charge in [0.25, 0.3) is 11.8 Å². The summed E-state index contributed by atoms with van der Waals surface area (Å²) >= 11 is 1.42. The van der Waals surface area contributed by atoms with Gasteiger partial charge in [-0.2, -0.15) is 0 Å². The first-order chi connectivity index (χ1) is 17.1. The maximum absolute atomic E-state index is 13.4. The number of rotatable bonds is 8. The molecule has 0 radical (unpaired) electrons. The van der Waals surface area contributed by atoms with Crippen molar-refractivity contribution in [3.63, 3.8) is 0 Å². The van der Waals surface area contributed by atoms with Gasteiger partial charge < -0.3 is 25.3 Å². The number of carbonyl (C=O) groups excluding carboxylic acids is 3. The van der Waals surface area contributed by atoms with Crippen molar-refractivity contribution in [2.75, 3.05) is 19.0 Å². The molecule has 2 aromatic carbocycles. The smallest absolute Gasteiger partial charge is 0.254 e. The highest BCUT2D eigenvalue weighted by Gasteiger charge is 2.36. The van der Waals surface area contributed by atoms with Crippen LogP contribution in [-0.4, -0.2) is 74.2 Å². The van der Waals surface area contributed by atoms with Crippen molar-refractivity contribution < 1.29 is 24.6 Å². The van der Waals surface area contributed by atoms with Crippen LogP contribution in [0.5, 0.6) is 5.75 Å². The fraction of sp³-hybridized carbons (Fsp3) is 0.370. The molecule has 36 heavy (non-hydrogen) atoms. The number of phenols is 1. The molecular weight excluding hydrogens is 478 g/mol. The number of hydrogen-bond acceptors (Lipinski definition) is 6. The second-order valence-electron chi connectivity index (χ2n) is 9.07. The Kier molecular flexibility index (Phi) is 9.17. The fourth-order valence-corrected chi connectivity index (χ4v) is 5.01. The van der Waals surface area contributed by atoms with Crippen LogP contribution in [0, 0.1) is 6.92 Å². The molecule has 0 aromatic heterocycles. The van der Waals surface area contributed by atoms with Gasteiger partial charge in [-0.05, 0) is 44.9 Å². The lowest BCUT2D eigenvalue weighted by molar-refractivity contribution is -0.145. The second kappa shape index (κ2) is 12.1. The number of phenolic OH excluding ortho intramolecular Hbond substituents is 1. The Balaban J connectivity index is 1.82. The van der Waals surface area contributed by atoms with Crippen LogP contribution >= 0.6 is 11.8 Å². The summed E-state index contributed by atoms with van der Waals surface area (Å²) < 4.78 is 0. The van der Waals surface area contributed by atoms with Gasteiger partial charge in [0, 0.05) is 17.7 Å². The van der Waals surface area contributed by atoms with Crippen molar-refractivity contribution in [2.24, 2.45) is 0 Å². The normalized spacial score (nSPS) is 17.8. The molecule has 0 aliphatic carbocycles. The zero-order chi connectivity index (χ0) is 26.4. The van der Waals surface area contributed by atoms with Crippen LogP contribution in [0.3, 0.4) is 0 Å². The van der Waals surface area contributed by atoms with Gasteiger partial charge in [-0.3, -0.25) is 14.4 Å². The molecule has 3 N–H and O–H groups in total. The first kappa shape index (κ1) is 27.3. The lowest BCUT2D eigenvalue weighted by Crippen LogP contribution is -2.53. The summed E-state index contributed by atoms with van der Waals surface area (Å²) in [5, 5.41) is 23.8. The minimum Gasteiger partial charge on any atom is -0.508 e. The quantitative estimate of drug-likeness (QED) is 0.470. The van der Waals surface area contributed by atoms with E-state index in [0.717, 1.165) is 11.1 Å². The number of benzene rings is 2. The molecule has 1 aliphatic heterocycles. The number of nitrogens with zero attached hydrogens (tertiary/aromatic N) is 2. The van der Waals surface area contributed by atoms with Crippen LogP contribution in [0.2, 0.25) is 0 Å². The number of thioether (sulfide) groups is 1. The van der Waals surface area contributed by atoms with Gasteiger partial charge in [0.15, 0.2) is 6.10 Å². The molecule has 3 amide bonds. The Hall–Kier alpha value is -3.30. The highest BCUT2D eigenvalue weighted by molar-refractivity contribution is 7.99. The molecule has 1 saturated heterocycles. The lowest BCUT2D eigenvalue weighted by Gasteiger charge is -2.28. The van der Waals surface area contributed by atoms with E-state index < -0.39 is 24.0 Å². The van der Waals surface area contributed by atoms with E-state index in [9.17, 15) is 24.6 Å². The molecule has 3 rings (SSSR count). The van der Waals surface area contributed by atoms with E-state index >= 15 is 0 Å². The highest BCUT2D eigenvalue weighted by atomic mass is 32.2. The van der Waals surface area contributed by atoms with Crippen molar-refractivity contribution in [2.45, 2.75) is 44.7 Å². The second-order valence-corrected chi connectivity index (χ2v) is 10.3. The van der Waals surface area contributed by atoms with E-state index in [-0.39, 0.29) is 41.4 Å². The largest absolute Gasteiger partial charge is 0.508 e. The number of aromatic hydroxyl groups is 1. The molecule has 2 aromatic rings. The zero-order valence-corrected chi connectivity index (χ0v) is 21.6. The molecule has 0 bridgehead atoms. The van der Waals surface area contributed by atoms with Gasteiger partial charge in [-0.1, -0.05) is 48.6 Å². The fourth-order valence-electron chi connectivity index (χ4n) is 4.02. The van der Waals surface area contributed by atoms with Crippen LogP contribution in [0.1, 0.15) is 35.3 Å². The molecule has 9 heteroatoms. The Morgan fingerprint density at radius 1 is 1.19 bits per heavy atom. The van der Waals surface area contributed by atoms with Crippen LogP contribution in [0.4, 0.5) is 0 Å². The van der Waals surface area contributed by atoms with E-state index in [1.165, 1.54) is 22.7 Å². The summed E-state index contributed by atoms with van der Waals surface area (Å²) in [7, 11) is 0. The van der Waals surface area contributed by atoms with E-state index in [1.807, 2.05) is 44.2 Å². The van der Waals surface area contributed by atoms with E-state index in [1.54, 1.807) is 24.0 Å². The Morgan fingerprint density at radius 2 is 1.89 bits per heavy atom. The van der Waals surface area contributed by atoms with Gasteiger partial charge in [-0.15, -0.1) is 11.8 Å². The SMILES string of the molecule is C=C(C)CN1C(=O)CN(C(=O)[C@@H](O)[C@H](Cc2ccccc2)NC(=O)c2cccc(O)c2C)CSC1C. The third kappa shape index (κ3) is 6.67. The number of aliphatic hydroxyl groups is 1. The minimum absolute atomic E-state index is 0.0209. The van der Waals surface area contributed by atoms with Crippen molar-refractivity contribution >= 4 is 29.5 Å². The number of carbonyl (C=O) groups is 3. The van der Waals surface area contributed by atoms with E-state index in [4.69, 9.17) is 0 Å². The van der Waals surface area contributed by atoms with Crippen molar-refractivity contribution in [1.29, 1.82) is 0 Å². The average Bonchev–Trinajstić information content (AvgIpc) is 2.98. The summed E-state index contributed by atoms with van der Waals surface area (Å²) in [6.07, 6.45) is -1.38. The summed E-state index contributed by atoms with van der Waals surface area (Å²) in [5.74, 6) is -1.16. The summed E-state index contributed by atoms with van der Waals surface area (Å²) in [6.45, 7) is 9.46. The summed E-state index contributed by atoms with van der Waals surface area (Å²) in [6, 6.07) is 12.9. The Bertz CT molecular complexity index is 1120. The first-order valence-electron chi connectivity index (χ1n) is 11.7. The molecular formula is C27H33N3O5S. The predicted octanol–water partition coefficient (Wildman–Crippen LogP) is 2.69. The number of aliphatic hydroxyl groups excluding tert-OH is 1. The first-order valence-corrected chi connectivity index (χ1v) is 12.8. The standard InChI is InChI=1S/C27H33N3O5S/c1-17(2)14-30-19(4)36-16-29(15-24(30)32)27(35)25(33)22(13-20-9-6-5-7-10-20)28-26(34)21-11-8-12-23(31)18(21)3/h5-12,19,22,25,31,33H,1,13-16H2,2-4H3,(H,28,34)/t19?,22-,25-/m0/s1. The zero-order valence-electron chi connectivity index (χ0n) is 20.8. The number of hydrogen-bond donors (Lipinski definition) is 3. The van der Waals surface area contributed by atoms with Gasteiger partial charge in [0.2, 0.25) is 5.91 Å². The van der Waals surface area contributed by atoms with Gasteiger partial charge >= 0.3 is 0 Å². The summed E-state index contributed by atoms with van der Waals surface area (Å²) in [5.41, 5.74) is 2.31.